The van der Waals surface area contributed by atoms with Crippen molar-refractivity contribution >= 4 is 24.0 Å². The van der Waals surface area contributed by atoms with E-state index in [9.17, 15) is 19.5 Å². The Bertz CT molecular complexity index is 1040. The van der Waals surface area contributed by atoms with Gasteiger partial charge < -0.3 is 14.3 Å². The summed E-state index contributed by atoms with van der Waals surface area (Å²) in [7, 11) is 0. The molecule has 140 valence electrons. The van der Waals surface area contributed by atoms with Gasteiger partial charge in [0.15, 0.2) is 0 Å². The van der Waals surface area contributed by atoms with Crippen molar-refractivity contribution in [1.29, 1.82) is 0 Å². The number of furan rings is 1. The summed E-state index contributed by atoms with van der Waals surface area (Å²) in [5.74, 6) is -1.55. The molecule has 4 atom stereocenters. The maximum atomic E-state index is 12.6. The smallest absolute Gasteiger partial charge is 0.254 e. The third-order valence-corrected chi connectivity index (χ3v) is 5.79. The Labute approximate surface area is 159 Å². The lowest BCUT2D eigenvalue weighted by atomic mass is 9.85. The van der Waals surface area contributed by atoms with Crippen molar-refractivity contribution in [2.45, 2.75) is 6.42 Å². The van der Waals surface area contributed by atoms with Crippen LogP contribution in [0.15, 0.2) is 58.1 Å². The molecule has 1 saturated carbocycles. The molecular weight excluding hydrogens is 360 g/mol. The molecule has 0 radical (unpaired) electrons. The zero-order valence-corrected chi connectivity index (χ0v) is 14.6. The number of aromatic carboxylic acids is 1. The predicted molar refractivity (Wildman–Crippen MR) is 95.6 cm³/mol. The number of imide groups is 1. The van der Waals surface area contributed by atoms with Gasteiger partial charge in [0, 0.05) is 11.1 Å². The lowest BCUT2D eigenvalue weighted by Crippen LogP contribution is -2.28. The molecule has 3 aliphatic rings. The summed E-state index contributed by atoms with van der Waals surface area (Å²) in [4.78, 5) is 36.5. The second kappa shape index (κ2) is 6.02. The summed E-state index contributed by atoms with van der Waals surface area (Å²) < 4.78 is 5.64. The van der Waals surface area contributed by atoms with Crippen LogP contribution in [-0.4, -0.2) is 29.0 Å². The van der Waals surface area contributed by atoms with Crippen LogP contribution in [0, 0.1) is 23.7 Å². The zero-order chi connectivity index (χ0) is 19.4. The molecule has 2 aromatic rings. The second-order valence-corrected chi connectivity index (χ2v) is 7.27. The number of hydrogen-bond acceptors (Lipinski definition) is 6. The van der Waals surface area contributed by atoms with Crippen LogP contribution in [0.3, 0.4) is 0 Å². The third kappa shape index (κ3) is 2.36. The van der Waals surface area contributed by atoms with E-state index >= 15 is 0 Å². The summed E-state index contributed by atoms with van der Waals surface area (Å²) >= 11 is 0. The van der Waals surface area contributed by atoms with Gasteiger partial charge in [-0.05, 0) is 30.4 Å². The highest BCUT2D eigenvalue weighted by Crippen LogP contribution is 2.52. The Morgan fingerprint density at radius 1 is 1.07 bits per heavy atom. The van der Waals surface area contributed by atoms with Crippen molar-refractivity contribution in [3.05, 3.63) is 59.9 Å². The maximum absolute atomic E-state index is 12.6. The van der Waals surface area contributed by atoms with Crippen molar-refractivity contribution in [2.75, 3.05) is 0 Å². The Balaban J connectivity index is 1.39. The molecule has 0 N–H and O–H groups in total. The van der Waals surface area contributed by atoms with Gasteiger partial charge in [0.05, 0.1) is 24.0 Å². The van der Waals surface area contributed by atoms with E-state index in [4.69, 9.17) is 4.42 Å². The number of hydrogen-bond donors (Lipinski definition) is 0. The number of carboxylic acids is 1. The maximum Gasteiger partial charge on any atom is 0.254 e. The summed E-state index contributed by atoms with van der Waals surface area (Å²) in [5, 5.41) is 16.3. The SMILES string of the molecule is O=C([O-])c1ccccc1-c1ccc(/C=N\N2C(=O)[C@@H]3[C@@H](C2=O)[C@@H]2C=C[C@@H]3C2)o1. The van der Waals surface area contributed by atoms with E-state index in [2.05, 4.69) is 5.10 Å². The fourth-order valence-electron chi connectivity index (χ4n) is 4.56. The topological polar surface area (TPSA) is 103 Å². The first kappa shape index (κ1) is 16.7. The average Bonchev–Trinajstić information content (AvgIpc) is 3.46. The van der Waals surface area contributed by atoms with Crippen LogP contribution in [0.2, 0.25) is 0 Å². The van der Waals surface area contributed by atoms with Crippen LogP contribution in [0.5, 0.6) is 0 Å². The van der Waals surface area contributed by atoms with Gasteiger partial charge >= 0.3 is 0 Å². The summed E-state index contributed by atoms with van der Waals surface area (Å²) in [6.45, 7) is 0. The Hall–Kier alpha value is -3.48. The minimum absolute atomic E-state index is 0.0148. The van der Waals surface area contributed by atoms with E-state index in [1.54, 1.807) is 30.3 Å². The van der Waals surface area contributed by atoms with Crippen LogP contribution < -0.4 is 5.11 Å². The van der Waals surface area contributed by atoms with E-state index in [1.165, 1.54) is 12.3 Å². The van der Waals surface area contributed by atoms with Crippen molar-refractivity contribution in [3.63, 3.8) is 0 Å². The Morgan fingerprint density at radius 2 is 1.75 bits per heavy atom. The Kier molecular flexibility index (Phi) is 3.58. The number of nitrogens with zero attached hydrogens (tertiary/aromatic N) is 2. The Morgan fingerprint density at radius 3 is 2.43 bits per heavy atom. The molecule has 0 spiro atoms. The number of benzene rings is 1. The number of carbonyl (C=O) groups excluding carboxylic acids is 3. The number of amides is 2. The van der Waals surface area contributed by atoms with Gasteiger partial charge in [0.25, 0.3) is 11.8 Å². The van der Waals surface area contributed by atoms with Gasteiger partial charge in [-0.15, -0.1) is 0 Å². The predicted octanol–water partition coefficient (Wildman–Crippen LogP) is 1.45. The second-order valence-electron chi connectivity index (χ2n) is 7.27. The van der Waals surface area contributed by atoms with Gasteiger partial charge in [-0.1, -0.05) is 36.4 Å². The van der Waals surface area contributed by atoms with Gasteiger partial charge in [-0.2, -0.15) is 10.1 Å². The van der Waals surface area contributed by atoms with Crippen LogP contribution in [0.25, 0.3) is 11.3 Å². The molecule has 2 fully saturated rings. The quantitative estimate of drug-likeness (QED) is 0.457. The van der Waals surface area contributed by atoms with E-state index in [0.717, 1.165) is 11.4 Å². The monoisotopic (exact) mass is 375 g/mol. The molecule has 2 amide bonds. The lowest BCUT2D eigenvalue weighted by Gasteiger charge is -2.13. The normalized spacial score (nSPS) is 27.9. The number of fused-ring (bicyclic) bond motifs is 5. The molecule has 28 heavy (non-hydrogen) atoms. The number of allylic oxidation sites excluding steroid dienone is 2. The molecule has 2 bridgehead atoms. The molecule has 7 heteroatoms. The number of hydrazone groups is 1. The molecule has 0 unspecified atom stereocenters. The standard InChI is InChI=1S/C21H16N2O5/c24-19-17-11-5-6-12(9-11)18(17)20(25)23(19)22-10-13-7-8-16(28-13)14-3-1-2-4-15(14)21(26)27/h1-8,10-12,17-18H,9H2,(H,26,27)/p-1/b22-10-/t11-,12-,17+,18+/m1/s1. The van der Waals surface area contributed by atoms with E-state index in [1.807, 2.05) is 12.2 Å². The molecule has 2 aliphatic carbocycles. The molecule has 1 saturated heterocycles. The minimum Gasteiger partial charge on any atom is -0.545 e. The summed E-state index contributed by atoms with van der Waals surface area (Å²) in [5.41, 5.74) is 0.397. The first-order chi connectivity index (χ1) is 13.5. The molecule has 1 aliphatic heterocycles. The summed E-state index contributed by atoms with van der Waals surface area (Å²) in [6, 6.07) is 9.55. The first-order valence-electron chi connectivity index (χ1n) is 9.05. The van der Waals surface area contributed by atoms with Crippen molar-refractivity contribution in [1.82, 2.24) is 5.01 Å². The number of carbonyl (C=O) groups is 3. The largest absolute Gasteiger partial charge is 0.545 e. The van der Waals surface area contributed by atoms with E-state index < -0.39 is 5.97 Å². The third-order valence-electron chi connectivity index (χ3n) is 5.79. The summed E-state index contributed by atoms with van der Waals surface area (Å²) in [6.07, 6.45) is 6.22. The lowest BCUT2D eigenvalue weighted by molar-refractivity contribution is -0.255. The highest BCUT2D eigenvalue weighted by Gasteiger charge is 2.59. The van der Waals surface area contributed by atoms with Gasteiger partial charge in [0.2, 0.25) is 0 Å². The van der Waals surface area contributed by atoms with Crippen molar-refractivity contribution < 1.29 is 23.9 Å². The van der Waals surface area contributed by atoms with Crippen molar-refractivity contribution in [3.8, 4) is 11.3 Å². The number of carboxylic acid groups (broad SMARTS) is 1. The molecule has 5 rings (SSSR count). The molecular formula is C21H15N2O5-. The van der Waals surface area contributed by atoms with Crippen LogP contribution >= 0.6 is 0 Å². The van der Waals surface area contributed by atoms with Gasteiger partial charge in [-0.25, -0.2) is 0 Å². The molecule has 1 aromatic heterocycles. The molecule has 2 heterocycles. The van der Waals surface area contributed by atoms with Crippen LogP contribution in [0.4, 0.5) is 0 Å². The minimum atomic E-state index is -1.30. The number of rotatable bonds is 4. The molecule has 1 aromatic carbocycles. The van der Waals surface area contributed by atoms with Gasteiger partial charge in [0.1, 0.15) is 11.5 Å². The average molecular weight is 375 g/mol. The molecule has 7 nitrogen and oxygen atoms in total. The zero-order valence-electron chi connectivity index (χ0n) is 14.6. The first-order valence-corrected chi connectivity index (χ1v) is 9.05. The van der Waals surface area contributed by atoms with Crippen LogP contribution in [0.1, 0.15) is 22.5 Å². The van der Waals surface area contributed by atoms with E-state index in [0.29, 0.717) is 17.1 Å². The fourth-order valence-corrected chi connectivity index (χ4v) is 4.56. The van der Waals surface area contributed by atoms with Gasteiger partial charge in [-0.3, -0.25) is 9.59 Å². The fraction of sp³-hybridized carbons (Fsp3) is 0.238. The van der Waals surface area contributed by atoms with Crippen LogP contribution in [-0.2, 0) is 9.59 Å². The van der Waals surface area contributed by atoms with E-state index in [-0.39, 0.29) is 41.0 Å². The highest BCUT2D eigenvalue weighted by molar-refractivity contribution is 6.06. The van der Waals surface area contributed by atoms with Crippen molar-refractivity contribution in [2.24, 2.45) is 28.8 Å². The highest BCUT2D eigenvalue weighted by atomic mass is 16.4.